The molecule has 0 unspecified atom stereocenters. The van der Waals surface area contributed by atoms with Crippen molar-refractivity contribution < 1.29 is 13.2 Å². The Hall–Kier alpha value is -1.76. The van der Waals surface area contributed by atoms with E-state index in [1.165, 1.54) is 12.1 Å². The van der Waals surface area contributed by atoms with Crippen molar-refractivity contribution in [1.29, 1.82) is 0 Å². The fourth-order valence-corrected chi connectivity index (χ4v) is 5.10. The van der Waals surface area contributed by atoms with Gasteiger partial charge < -0.3 is 4.90 Å². The molecule has 150 valence electrons. The molecule has 0 bridgehead atoms. The summed E-state index contributed by atoms with van der Waals surface area (Å²) in [6.07, 6.45) is 3.16. The zero-order chi connectivity index (χ0) is 20.5. The van der Waals surface area contributed by atoms with E-state index >= 15 is 0 Å². The van der Waals surface area contributed by atoms with E-state index in [-0.39, 0.29) is 10.9 Å². The third-order valence-corrected chi connectivity index (χ3v) is 6.77. The molecule has 2 aromatic carbocycles. The maximum absolute atomic E-state index is 13.5. The number of nitrogens with zero attached hydrogens (tertiary/aromatic N) is 2. The zero-order valence-corrected chi connectivity index (χ0v) is 18.1. The largest absolute Gasteiger partial charge is 0.310 e. The molecule has 5 nitrogen and oxygen atoms in total. The Balaban J connectivity index is 2.04. The Bertz CT molecular complexity index is 995. The summed E-state index contributed by atoms with van der Waals surface area (Å²) in [5.74, 6) is -0.244. The van der Waals surface area contributed by atoms with Crippen LogP contribution in [0.1, 0.15) is 25.3 Å². The topological polar surface area (TPSA) is 57.7 Å². The van der Waals surface area contributed by atoms with E-state index < -0.39 is 16.1 Å². The first-order valence-electron chi connectivity index (χ1n) is 9.07. The summed E-state index contributed by atoms with van der Waals surface area (Å²) >= 11 is 12.1. The number of fused-ring (bicyclic) bond motifs is 1. The van der Waals surface area contributed by atoms with Gasteiger partial charge in [-0.05, 0) is 49.1 Å². The molecule has 2 aromatic rings. The first-order valence-corrected chi connectivity index (χ1v) is 11.7. The van der Waals surface area contributed by atoms with Crippen LogP contribution in [0.3, 0.4) is 0 Å². The van der Waals surface area contributed by atoms with Crippen LogP contribution >= 0.6 is 23.2 Å². The van der Waals surface area contributed by atoms with Crippen LogP contribution in [0.4, 0.5) is 11.4 Å². The van der Waals surface area contributed by atoms with Gasteiger partial charge in [-0.1, -0.05) is 48.3 Å². The number of carbonyl (C=O) groups is 1. The molecular weight excluding hydrogens is 419 g/mol. The summed E-state index contributed by atoms with van der Waals surface area (Å²) in [5, 5.41) is 0.557. The van der Waals surface area contributed by atoms with E-state index in [4.69, 9.17) is 23.2 Å². The molecule has 1 aliphatic heterocycles. The minimum absolute atomic E-state index is 0.235. The van der Waals surface area contributed by atoms with Crippen molar-refractivity contribution in [3.8, 4) is 0 Å². The van der Waals surface area contributed by atoms with Gasteiger partial charge >= 0.3 is 0 Å². The lowest BCUT2D eigenvalue weighted by Crippen LogP contribution is -2.52. The van der Waals surface area contributed by atoms with Crippen LogP contribution in [0, 0.1) is 0 Å². The average molecular weight is 441 g/mol. The third-order valence-electron chi connectivity index (χ3n) is 4.85. The molecule has 8 heteroatoms. The van der Waals surface area contributed by atoms with Crippen LogP contribution in [0.15, 0.2) is 42.5 Å². The van der Waals surface area contributed by atoms with Crippen molar-refractivity contribution >= 4 is 50.5 Å². The van der Waals surface area contributed by atoms with Gasteiger partial charge in [0.15, 0.2) is 0 Å². The average Bonchev–Trinajstić information content (AvgIpc) is 2.66. The lowest BCUT2D eigenvalue weighted by atomic mass is 10.0. The molecule has 1 aliphatic rings. The second-order valence-electron chi connectivity index (χ2n) is 6.80. The Labute approximate surface area is 175 Å². The van der Waals surface area contributed by atoms with E-state index in [2.05, 4.69) is 0 Å². The Morgan fingerprint density at radius 1 is 1.18 bits per heavy atom. The van der Waals surface area contributed by atoms with E-state index in [1.807, 2.05) is 24.3 Å². The molecule has 0 saturated carbocycles. The number of sulfonamides is 1. The van der Waals surface area contributed by atoms with Crippen molar-refractivity contribution in [2.45, 2.75) is 32.2 Å². The summed E-state index contributed by atoms with van der Waals surface area (Å²) in [6, 6.07) is 11.4. The van der Waals surface area contributed by atoms with Gasteiger partial charge in [0.1, 0.15) is 6.04 Å². The number of halogens is 2. The smallest absolute Gasteiger partial charge is 0.250 e. The fraction of sp³-hybridized carbons (Fsp3) is 0.350. The highest BCUT2D eigenvalue weighted by Crippen LogP contribution is 2.33. The summed E-state index contributed by atoms with van der Waals surface area (Å²) in [5.41, 5.74) is 2.26. The zero-order valence-electron chi connectivity index (χ0n) is 15.7. The van der Waals surface area contributed by atoms with Crippen LogP contribution in [0.25, 0.3) is 0 Å². The molecule has 0 fully saturated rings. The van der Waals surface area contributed by atoms with Crippen molar-refractivity contribution in [1.82, 2.24) is 0 Å². The lowest BCUT2D eigenvalue weighted by molar-refractivity contribution is -0.119. The first kappa shape index (κ1) is 21.0. The van der Waals surface area contributed by atoms with Crippen LogP contribution in [-0.2, 0) is 21.2 Å². The monoisotopic (exact) mass is 440 g/mol. The number of para-hydroxylation sites is 1. The fourth-order valence-electron chi connectivity index (χ4n) is 3.61. The predicted octanol–water partition coefficient (Wildman–Crippen LogP) is 4.52. The van der Waals surface area contributed by atoms with Gasteiger partial charge in [0, 0.05) is 12.2 Å². The molecule has 0 aromatic heterocycles. The SMILES string of the molecule is CC[C@@H](C(=O)N1CCCc2ccccc21)N(c1ccc(Cl)c(Cl)c1)S(C)(=O)=O. The molecular formula is C20H22Cl2N2O3S. The lowest BCUT2D eigenvalue weighted by Gasteiger charge is -2.36. The normalized spacial score (nSPS) is 15.1. The molecule has 1 amide bonds. The minimum Gasteiger partial charge on any atom is -0.310 e. The van der Waals surface area contributed by atoms with Gasteiger partial charge in [-0.15, -0.1) is 0 Å². The van der Waals surface area contributed by atoms with E-state index in [0.717, 1.165) is 34.7 Å². The van der Waals surface area contributed by atoms with Crippen LogP contribution in [-0.4, -0.2) is 33.2 Å². The maximum Gasteiger partial charge on any atom is 0.250 e. The third kappa shape index (κ3) is 4.14. The molecule has 0 N–H and O–H groups in total. The maximum atomic E-state index is 13.5. The molecule has 3 rings (SSSR count). The predicted molar refractivity (Wildman–Crippen MR) is 115 cm³/mol. The van der Waals surface area contributed by atoms with Crippen LogP contribution in [0.5, 0.6) is 0 Å². The number of carbonyl (C=O) groups excluding carboxylic acids is 1. The Kier molecular flexibility index (Phi) is 6.22. The highest BCUT2D eigenvalue weighted by atomic mass is 35.5. The quantitative estimate of drug-likeness (QED) is 0.686. The molecule has 28 heavy (non-hydrogen) atoms. The number of rotatable bonds is 5. The Morgan fingerprint density at radius 2 is 1.89 bits per heavy atom. The number of benzene rings is 2. The van der Waals surface area contributed by atoms with Crippen LogP contribution < -0.4 is 9.21 Å². The van der Waals surface area contributed by atoms with Gasteiger partial charge in [-0.3, -0.25) is 9.10 Å². The van der Waals surface area contributed by atoms with E-state index in [9.17, 15) is 13.2 Å². The van der Waals surface area contributed by atoms with Crippen LogP contribution in [0.2, 0.25) is 10.0 Å². The van der Waals surface area contributed by atoms with Crippen molar-refractivity contribution in [2.75, 3.05) is 22.0 Å². The summed E-state index contributed by atoms with van der Waals surface area (Å²) in [7, 11) is -3.74. The van der Waals surface area contributed by atoms with Gasteiger partial charge in [0.2, 0.25) is 10.0 Å². The standard InChI is InChI=1S/C20H22Cl2N2O3S/c1-3-18(20(25)23-12-6-8-14-7-4-5-9-19(14)23)24(28(2,26)27)15-10-11-16(21)17(22)13-15/h4-5,7,9-11,13,18H,3,6,8,12H2,1-2H3/t18-/m0/s1. The van der Waals surface area contributed by atoms with Gasteiger partial charge in [-0.25, -0.2) is 8.42 Å². The number of amides is 1. The number of hydrogen-bond acceptors (Lipinski definition) is 3. The van der Waals surface area contributed by atoms with Crippen molar-refractivity contribution in [3.63, 3.8) is 0 Å². The first-order chi connectivity index (χ1) is 13.2. The Morgan fingerprint density at radius 3 is 2.54 bits per heavy atom. The summed E-state index contributed by atoms with van der Waals surface area (Å²) < 4.78 is 26.4. The molecule has 0 aliphatic carbocycles. The van der Waals surface area contributed by atoms with E-state index in [1.54, 1.807) is 17.9 Å². The van der Waals surface area contributed by atoms with Gasteiger partial charge in [-0.2, -0.15) is 0 Å². The summed E-state index contributed by atoms with van der Waals surface area (Å²) in [4.78, 5) is 15.2. The second kappa shape index (κ2) is 8.31. The highest BCUT2D eigenvalue weighted by molar-refractivity contribution is 7.92. The molecule has 1 atom stereocenters. The van der Waals surface area contributed by atoms with E-state index in [0.29, 0.717) is 23.7 Å². The number of anilines is 2. The minimum atomic E-state index is -3.74. The van der Waals surface area contributed by atoms with Crippen molar-refractivity contribution in [2.24, 2.45) is 0 Å². The van der Waals surface area contributed by atoms with Gasteiger partial charge in [0.25, 0.3) is 5.91 Å². The molecule has 0 radical (unpaired) electrons. The molecule has 0 saturated heterocycles. The van der Waals surface area contributed by atoms with Gasteiger partial charge in [0.05, 0.1) is 22.0 Å². The number of aryl methyl sites for hydroxylation is 1. The highest BCUT2D eigenvalue weighted by Gasteiger charge is 2.36. The van der Waals surface area contributed by atoms with Crippen molar-refractivity contribution in [3.05, 3.63) is 58.1 Å². The molecule has 1 heterocycles. The number of hydrogen-bond donors (Lipinski definition) is 0. The second-order valence-corrected chi connectivity index (χ2v) is 9.48. The summed E-state index contributed by atoms with van der Waals surface area (Å²) in [6.45, 7) is 2.36. The molecule has 0 spiro atoms.